The molecule has 0 saturated heterocycles. The Morgan fingerprint density at radius 1 is 1.15 bits per heavy atom. The Labute approximate surface area is 154 Å². The molecule has 1 aromatic heterocycles. The van der Waals surface area contributed by atoms with E-state index in [0.29, 0.717) is 22.6 Å². The smallest absolute Gasteiger partial charge is 0.269 e. The van der Waals surface area contributed by atoms with Gasteiger partial charge in [-0.1, -0.05) is 18.2 Å². The molecule has 7 heteroatoms. The quantitative estimate of drug-likeness (QED) is 0.550. The Morgan fingerprint density at radius 2 is 1.85 bits per heavy atom. The van der Waals surface area contributed by atoms with E-state index in [-0.39, 0.29) is 17.9 Å². The highest BCUT2D eigenvalue weighted by molar-refractivity contribution is 5.75. The summed E-state index contributed by atoms with van der Waals surface area (Å²) < 4.78 is 5.87. The second-order valence-electron chi connectivity index (χ2n) is 5.89. The Morgan fingerprint density at radius 3 is 2.52 bits per heavy atom. The molecule has 0 atom stereocenters. The van der Waals surface area contributed by atoms with Crippen LogP contribution in [0.5, 0.6) is 5.75 Å². The fourth-order valence-corrected chi connectivity index (χ4v) is 2.70. The number of hydrogen-bond acceptors (Lipinski definition) is 5. The molecule has 3 aromatic rings. The van der Waals surface area contributed by atoms with E-state index < -0.39 is 10.5 Å². The van der Waals surface area contributed by atoms with E-state index in [0.717, 1.165) is 5.56 Å². The minimum absolute atomic E-state index is 0.0109. The van der Waals surface area contributed by atoms with Gasteiger partial charge in [0.15, 0.2) is 0 Å². The Kier molecular flexibility index (Phi) is 4.99. The number of nitrogens with one attached hydrogen (secondary N) is 1. The largest absolute Gasteiger partial charge is 0.488 e. The summed E-state index contributed by atoms with van der Waals surface area (Å²) in [6.07, 6.45) is 0. The molecule has 0 aliphatic carbocycles. The number of pyridine rings is 1. The van der Waals surface area contributed by atoms with Gasteiger partial charge in [-0.05, 0) is 36.8 Å². The molecule has 0 fully saturated rings. The van der Waals surface area contributed by atoms with Crippen LogP contribution in [0.2, 0.25) is 0 Å². The third-order valence-corrected chi connectivity index (χ3v) is 4.00. The zero-order valence-corrected chi connectivity index (χ0v) is 14.4. The van der Waals surface area contributed by atoms with Crippen LogP contribution in [0.15, 0.2) is 59.4 Å². The maximum absolute atomic E-state index is 12.1. The van der Waals surface area contributed by atoms with Gasteiger partial charge in [0.2, 0.25) is 0 Å². The van der Waals surface area contributed by atoms with E-state index in [1.165, 1.54) is 12.1 Å². The molecule has 2 aromatic carbocycles. The molecule has 0 bridgehead atoms. The first-order valence-corrected chi connectivity index (χ1v) is 8.09. The molecule has 0 radical (unpaired) electrons. The van der Waals surface area contributed by atoms with Gasteiger partial charge >= 0.3 is 0 Å². The van der Waals surface area contributed by atoms with Gasteiger partial charge in [0.1, 0.15) is 24.0 Å². The number of benzene rings is 2. The molecule has 3 rings (SSSR count). The van der Waals surface area contributed by atoms with E-state index in [4.69, 9.17) is 4.74 Å². The van der Waals surface area contributed by atoms with Crippen molar-refractivity contribution in [2.24, 2.45) is 0 Å². The monoisotopic (exact) mass is 361 g/mol. The summed E-state index contributed by atoms with van der Waals surface area (Å²) in [4.78, 5) is 25.0. The van der Waals surface area contributed by atoms with Crippen molar-refractivity contribution < 1.29 is 9.66 Å². The first-order valence-electron chi connectivity index (χ1n) is 8.09. The van der Waals surface area contributed by atoms with Crippen LogP contribution in [-0.2, 0) is 6.61 Å². The molecule has 1 N–H and O–H groups in total. The van der Waals surface area contributed by atoms with Crippen molar-refractivity contribution in [2.75, 3.05) is 0 Å². The maximum atomic E-state index is 12.1. The van der Waals surface area contributed by atoms with Gasteiger partial charge in [-0.25, -0.2) is 0 Å². The van der Waals surface area contributed by atoms with Crippen LogP contribution in [0.1, 0.15) is 16.8 Å². The number of aryl methyl sites for hydroxylation is 1. The van der Waals surface area contributed by atoms with Gasteiger partial charge in [0.25, 0.3) is 11.2 Å². The lowest BCUT2D eigenvalue weighted by Gasteiger charge is -2.13. The first-order chi connectivity index (χ1) is 13.0. The number of nitro groups is 1. The Hall–Kier alpha value is -3.92. The lowest BCUT2D eigenvalue weighted by Crippen LogP contribution is -2.13. The third-order valence-electron chi connectivity index (χ3n) is 4.00. The number of aromatic nitrogens is 1. The molecule has 0 spiro atoms. The van der Waals surface area contributed by atoms with Gasteiger partial charge in [-0.15, -0.1) is 0 Å². The number of nitro benzene ring substituents is 1. The van der Waals surface area contributed by atoms with E-state index in [9.17, 15) is 20.2 Å². The number of H-pyrrole nitrogens is 1. The molecule has 0 saturated carbocycles. The van der Waals surface area contributed by atoms with Gasteiger partial charge in [-0.3, -0.25) is 14.9 Å². The van der Waals surface area contributed by atoms with E-state index in [1.54, 1.807) is 49.4 Å². The molecular formula is C20H15N3O4. The fraction of sp³-hybridized carbons (Fsp3) is 0.100. The molecule has 0 amide bonds. The van der Waals surface area contributed by atoms with Crippen LogP contribution >= 0.6 is 0 Å². The van der Waals surface area contributed by atoms with Gasteiger partial charge in [0, 0.05) is 29.0 Å². The van der Waals surface area contributed by atoms with Crippen molar-refractivity contribution in [1.29, 1.82) is 5.26 Å². The number of aromatic amines is 1. The molecule has 0 aliphatic heterocycles. The number of para-hydroxylation sites is 1. The van der Waals surface area contributed by atoms with Crippen molar-refractivity contribution in [3.8, 4) is 22.9 Å². The summed E-state index contributed by atoms with van der Waals surface area (Å²) in [6, 6.07) is 16.9. The molecule has 7 nitrogen and oxygen atoms in total. The molecule has 0 unspecified atom stereocenters. The highest BCUT2D eigenvalue weighted by Crippen LogP contribution is 2.32. The maximum Gasteiger partial charge on any atom is 0.269 e. The number of non-ortho nitro benzene ring substituents is 1. The predicted molar refractivity (Wildman–Crippen MR) is 99.4 cm³/mol. The van der Waals surface area contributed by atoms with Crippen LogP contribution in [0.25, 0.3) is 11.1 Å². The summed E-state index contributed by atoms with van der Waals surface area (Å²) >= 11 is 0. The van der Waals surface area contributed by atoms with Crippen LogP contribution in [0.4, 0.5) is 5.69 Å². The standard InChI is InChI=1S/C20H15N3O4/c1-13-10-17(18(11-21)20(24)22-13)16-4-2-3-5-19(16)27-12-14-6-8-15(9-7-14)23(25)26/h2-10H,12H2,1H3,(H,22,24). The second kappa shape index (κ2) is 7.54. The number of ether oxygens (including phenoxy) is 1. The molecule has 1 heterocycles. The summed E-state index contributed by atoms with van der Waals surface area (Å²) in [5.41, 5.74) is 2.11. The van der Waals surface area contributed by atoms with Crippen molar-refractivity contribution in [3.05, 3.63) is 91.9 Å². The van der Waals surface area contributed by atoms with Crippen LogP contribution < -0.4 is 10.3 Å². The average Bonchev–Trinajstić information content (AvgIpc) is 2.66. The SMILES string of the molecule is Cc1cc(-c2ccccc2OCc2ccc([N+](=O)[O-])cc2)c(C#N)c(=O)[nH]1. The highest BCUT2D eigenvalue weighted by Gasteiger charge is 2.14. The number of nitriles is 1. The zero-order valence-electron chi connectivity index (χ0n) is 14.4. The molecule has 27 heavy (non-hydrogen) atoms. The average molecular weight is 361 g/mol. The van der Waals surface area contributed by atoms with Crippen molar-refractivity contribution in [2.45, 2.75) is 13.5 Å². The van der Waals surface area contributed by atoms with Gasteiger partial charge < -0.3 is 9.72 Å². The van der Waals surface area contributed by atoms with Crippen molar-refractivity contribution in [3.63, 3.8) is 0 Å². The van der Waals surface area contributed by atoms with Gasteiger partial charge in [-0.2, -0.15) is 5.26 Å². The minimum atomic E-state index is -0.460. The van der Waals surface area contributed by atoms with Crippen LogP contribution in [0.3, 0.4) is 0 Å². The number of rotatable bonds is 5. The number of hydrogen-bond donors (Lipinski definition) is 1. The Balaban J connectivity index is 1.93. The summed E-state index contributed by atoms with van der Waals surface area (Å²) in [7, 11) is 0. The molecular weight excluding hydrogens is 346 g/mol. The Bertz CT molecular complexity index is 1100. The first kappa shape index (κ1) is 17.9. The topological polar surface area (TPSA) is 109 Å². The summed E-state index contributed by atoms with van der Waals surface area (Å²) in [5, 5.41) is 20.1. The zero-order chi connectivity index (χ0) is 19.4. The molecule has 0 aliphatic rings. The van der Waals surface area contributed by atoms with E-state index in [2.05, 4.69) is 4.98 Å². The minimum Gasteiger partial charge on any atom is -0.488 e. The van der Waals surface area contributed by atoms with Crippen LogP contribution in [-0.4, -0.2) is 9.91 Å². The number of nitrogens with zero attached hydrogens (tertiary/aromatic N) is 2. The van der Waals surface area contributed by atoms with E-state index >= 15 is 0 Å². The third kappa shape index (κ3) is 3.85. The predicted octanol–water partition coefficient (Wildman–Crippen LogP) is 3.71. The fourth-order valence-electron chi connectivity index (χ4n) is 2.70. The lowest BCUT2D eigenvalue weighted by molar-refractivity contribution is -0.384. The van der Waals surface area contributed by atoms with Crippen LogP contribution in [0, 0.1) is 28.4 Å². The normalized spacial score (nSPS) is 10.2. The lowest BCUT2D eigenvalue weighted by atomic mass is 10.00. The summed E-state index contributed by atoms with van der Waals surface area (Å²) in [5.74, 6) is 0.511. The highest BCUT2D eigenvalue weighted by atomic mass is 16.6. The van der Waals surface area contributed by atoms with Crippen molar-refractivity contribution >= 4 is 5.69 Å². The summed E-state index contributed by atoms with van der Waals surface area (Å²) in [6.45, 7) is 1.94. The second-order valence-corrected chi connectivity index (χ2v) is 5.89. The van der Waals surface area contributed by atoms with E-state index in [1.807, 2.05) is 6.07 Å². The van der Waals surface area contributed by atoms with Gasteiger partial charge in [0.05, 0.1) is 4.92 Å². The molecule has 134 valence electrons. The van der Waals surface area contributed by atoms with Crippen molar-refractivity contribution in [1.82, 2.24) is 4.98 Å².